The van der Waals surface area contributed by atoms with E-state index < -0.39 is 0 Å². The van der Waals surface area contributed by atoms with Gasteiger partial charge in [-0.15, -0.1) is 6.58 Å². The van der Waals surface area contributed by atoms with Gasteiger partial charge in [0, 0.05) is 0 Å². The normalized spacial score (nSPS) is 5.38. The van der Waals surface area contributed by atoms with Crippen molar-refractivity contribution in [3.8, 4) is 0 Å². The van der Waals surface area contributed by atoms with Crippen LogP contribution in [0.15, 0.2) is 12.7 Å². The molecule has 3 heteroatoms. The van der Waals surface area contributed by atoms with Crippen molar-refractivity contribution in [2.75, 3.05) is 13.2 Å². The zero-order valence-corrected chi connectivity index (χ0v) is 5.09. The molecule has 0 aliphatic carbocycles. The van der Waals surface area contributed by atoms with Crippen LogP contribution in [0.4, 0.5) is 0 Å². The van der Waals surface area contributed by atoms with Crippen LogP contribution in [0.3, 0.4) is 0 Å². The van der Waals surface area contributed by atoms with E-state index >= 15 is 0 Å². The van der Waals surface area contributed by atoms with Gasteiger partial charge in [-0.2, -0.15) is 0 Å². The van der Waals surface area contributed by atoms with E-state index in [0.717, 1.165) is 0 Å². The summed E-state index contributed by atoms with van der Waals surface area (Å²) in [4.78, 5) is 0. The third-order valence-electron chi connectivity index (χ3n) is 0.1000. The summed E-state index contributed by atoms with van der Waals surface area (Å²) in [6.07, 6.45) is 1.75. The van der Waals surface area contributed by atoms with Crippen LogP contribution < -0.4 is 0 Å². The molecule has 0 amide bonds. The van der Waals surface area contributed by atoms with Crippen molar-refractivity contribution in [3.05, 3.63) is 12.7 Å². The molecule has 0 aromatic carbocycles. The second kappa shape index (κ2) is 30.5. The molecular formula is C5H14O3. The van der Waals surface area contributed by atoms with Gasteiger partial charge in [0.1, 0.15) is 0 Å². The van der Waals surface area contributed by atoms with Crippen molar-refractivity contribution < 1.29 is 15.7 Å². The summed E-state index contributed by atoms with van der Waals surface area (Å²) >= 11 is 0. The number of hydrogen-bond acceptors (Lipinski definition) is 2. The van der Waals surface area contributed by atoms with Gasteiger partial charge in [0.25, 0.3) is 0 Å². The summed E-state index contributed by atoms with van der Waals surface area (Å²) in [7, 11) is 0. The van der Waals surface area contributed by atoms with Gasteiger partial charge in [-0.25, -0.2) is 0 Å². The highest BCUT2D eigenvalue weighted by molar-refractivity contribution is 4.51. The molecule has 52 valence electrons. The quantitative estimate of drug-likeness (QED) is 0.453. The molecule has 0 saturated heterocycles. The van der Waals surface area contributed by atoms with Crippen LogP contribution in [-0.2, 0) is 0 Å². The topological polar surface area (TPSA) is 72.0 Å². The van der Waals surface area contributed by atoms with Crippen LogP contribution in [0, 0.1) is 0 Å². The molecule has 0 unspecified atom stereocenters. The fraction of sp³-hybridized carbons (Fsp3) is 0.600. The van der Waals surface area contributed by atoms with E-state index in [4.69, 9.17) is 10.2 Å². The molecule has 0 radical (unpaired) electrons. The third kappa shape index (κ3) is 312. The van der Waals surface area contributed by atoms with E-state index in [1.54, 1.807) is 6.08 Å². The lowest BCUT2D eigenvalue weighted by Crippen LogP contribution is -1.85. The maximum absolute atomic E-state index is 7.62. The minimum Gasteiger partial charge on any atom is -0.412 e. The molecule has 0 aromatic heterocycles. The van der Waals surface area contributed by atoms with Crippen LogP contribution in [0.1, 0.15) is 6.92 Å². The Kier molecular flexibility index (Phi) is 59.6. The zero-order chi connectivity index (χ0) is 6.12. The van der Waals surface area contributed by atoms with Crippen LogP contribution in [-0.4, -0.2) is 28.9 Å². The first kappa shape index (κ1) is 15.6. The molecule has 0 heterocycles. The Morgan fingerprint density at radius 1 is 1.38 bits per heavy atom. The Labute approximate surface area is 49.6 Å². The van der Waals surface area contributed by atoms with Crippen molar-refractivity contribution in [2.24, 2.45) is 0 Å². The summed E-state index contributed by atoms with van der Waals surface area (Å²) in [5.41, 5.74) is 0. The highest BCUT2D eigenvalue weighted by Crippen LogP contribution is 1.39. The maximum Gasteiger partial charge on any atom is 0.0662 e. The van der Waals surface area contributed by atoms with Gasteiger partial charge in [-0.3, -0.25) is 0 Å². The molecule has 0 bridgehead atoms. The first-order valence-corrected chi connectivity index (χ1v) is 2.12. The van der Waals surface area contributed by atoms with Gasteiger partial charge in [0.15, 0.2) is 0 Å². The minimum absolute atomic E-state index is 0. The predicted molar refractivity (Wildman–Crippen MR) is 33.7 cm³/mol. The van der Waals surface area contributed by atoms with E-state index in [9.17, 15) is 0 Å². The average Bonchev–Trinajstić information content (AvgIpc) is 1.69. The predicted octanol–water partition coefficient (Wildman–Crippen LogP) is -0.661. The Morgan fingerprint density at radius 2 is 1.50 bits per heavy atom. The van der Waals surface area contributed by atoms with E-state index in [1.165, 1.54) is 0 Å². The van der Waals surface area contributed by atoms with Gasteiger partial charge in [-0.1, -0.05) is 6.08 Å². The van der Waals surface area contributed by atoms with Crippen LogP contribution in [0.5, 0.6) is 0 Å². The van der Waals surface area contributed by atoms with Crippen molar-refractivity contribution >= 4 is 0 Å². The Morgan fingerprint density at radius 3 is 1.50 bits per heavy atom. The van der Waals surface area contributed by atoms with E-state index in [1.807, 2.05) is 6.92 Å². The van der Waals surface area contributed by atoms with Crippen molar-refractivity contribution in [1.82, 2.24) is 0 Å². The molecule has 0 atom stereocenters. The summed E-state index contributed by atoms with van der Waals surface area (Å²) in [6, 6.07) is 0. The van der Waals surface area contributed by atoms with Crippen molar-refractivity contribution in [3.63, 3.8) is 0 Å². The monoisotopic (exact) mass is 122 g/mol. The molecule has 0 aliphatic rings. The van der Waals surface area contributed by atoms with E-state index in [0.29, 0.717) is 0 Å². The van der Waals surface area contributed by atoms with E-state index in [2.05, 4.69) is 6.58 Å². The lowest BCUT2D eigenvalue weighted by atomic mass is 10.8. The molecule has 4 N–H and O–H groups in total. The Bertz CT molecular complexity index is 26.9. The summed E-state index contributed by atoms with van der Waals surface area (Å²) in [5, 5.41) is 15.2. The smallest absolute Gasteiger partial charge is 0.0662 e. The van der Waals surface area contributed by atoms with Gasteiger partial charge in [0.2, 0.25) is 0 Å². The fourth-order valence-corrected chi connectivity index (χ4v) is 0. The second-order valence-electron chi connectivity index (χ2n) is 0.855. The summed E-state index contributed by atoms with van der Waals surface area (Å²) in [6.45, 7) is 5.00. The van der Waals surface area contributed by atoms with Crippen LogP contribution >= 0.6 is 0 Å². The minimum atomic E-state index is -0.125. The van der Waals surface area contributed by atoms with Gasteiger partial charge < -0.3 is 15.7 Å². The fourth-order valence-electron chi connectivity index (χ4n) is 0. The highest BCUT2D eigenvalue weighted by atomic mass is 16.3. The Balaban J connectivity index is -0.0000000575. The molecule has 0 spiro atoms. The molecule has 3 nitrogen and oxygen atoms in total. The van der Waals surface area contributed by atoms with Crippen LogP contribution in [0.2, 0.25) is 0 Å². The van der Waals surface area contributed by atoms with Crippen molar-refractivity contribution in [2.45, 2.75) is 6.92 Å². The largest absolute Gasteiger partial charge is 0.412 e. The second-order valence-corrected chi connectivity index (χ2v) is 0.855. The van der Waals surface area contributed by atoms with Gasteiger partial charge >= 0.3 is 0 Å². The standard InChI is InChI=1S/C3H6.C2H6O2.H2O/c1-3-2;3-1-2-4;/h3H,1H2,2H3;3-4H,1-2H2;1H2. The summed E-state index contributed by atoms with van der Waals surface area (Å²) in [5.74, 6) is 0. The number of aliphatic hydroxyl groups excluding tert-OH is 2. The molecule has 0 saturated carbocycles. The zero-order valence-electron chi connectivity index (χ0n) is 5.09. The lowest BCUT2D eigenvalue weighted by Gasteiger charge is -1.70. The SMILES string of the molecule is C=CC.O.OCCO. The molecule has 0 aromatic rings. The summed E-state index contributed by atoms with van der Waals surface area (Å²) < 4.78 is 0. The van der Waals surface area contributed by atoms with Crippen molar-refractivity contribution in [1.29, 1.82) is 0 Å². The lowest BCUT2D eigenvalue weighted by molar-refractivity contribution is 0.186. The van der Waals surface area contributed by atoms with Gasteiger partial charge in [-0.05, 0) is 6.92 Å². The first-order chi connectivity index (χ1) is 3.33. The maximum atomic E-state index is 7.62. The number of hydrogen-bond donors (Lipinski definition) is 2. The van der Waals surface area contributed by atoms with E-state index in [-0.39, 0.29) is 18.7 Å². The molecular weight excluding hydrogens is 108 g/mol. The first-order valence-electron chi connectivity index (χ1n) is 2.12. The van der Waals surface area contributed by atoms with Crippen LogP contribution in [0.25, 0.3) is 0 Å². The molecule has 0 aliphatic heterocycles. The number of rotatable bonds is 1. The Hall–Kier alpha value is -0.380. The molecule has 0 fully saturated rings. The highest BCUT2D eigenvalue weighted by Gasteiger charge is 1.58. The molecule has 0 rings (SSSR count). The molecule has 8 heavy (non-hydrogen) atoms. The number of allylic oxidation sites excluding steroid dienone is 1. The number of aliphatic hydroxyl groups is 2. The third-order valence-corrected chi connectivity index (χ3v) is 0.1000. The van der Waals surface area contributed by atoms with Gasteiger partial charge in [0.05, 0.1) is 13.2 Å². The average molecular weight is 122 g/mol.